The Labute approximate surface area is 168 Å². The van der Waals surface area contributed by atoms with E-state index in [4.69, 9.17) is 4.42 Å². The molecule has 0 bridgehead atoms. The van der Waals surface area contributed by atoms with Crippen LogP contribution < -0.4 is 16.0 Å². The number of furan rings is 1. The van der Waals surface area contributed by atoms with Gasteiger partial charge in [-0.05, 0) is 61.4 Å². The van der Waals surface area contributed by atoms with Crippen molar-refractivity contribution >= 4 is 34.8 Å². The van der Waals surface area contributed by atoms with Gasteiger partial charge < -0.3 is 20.4 Å². The Balaban J connectivity index is 1.80. The number of hydrogen-bond acceptors (Lipinski definition) is 4. The van der Waals surface area contributed by atoms with Gasteiger partial charge in [-0.2, -0.15) is 0 Å². The molecular weight excluding hydrogens is 370 g/mol. The van der Waals surface area contributed by atoms with Gasteiger partial charge in [0.25, 0.3) is 11.8 Å². The maximum atomic E-state index is 12.7. The number of carbonyl (C=O) groups excluding carboxylic acids is 3. The highest BCUT2D eigenvalue weighted by Gasteiger charge is 2.14. The Bertz CT molecular complexity index is 1070. The van der Waals surface area contributed by atoms with E-state index in [1.807, 2.05) is 13.8 Å². The van der Waals surface area contributed by atoms with Crippen LogP contribution in [-0.2, 0) is 4.79 Å². The van der Waals surface area contributed by atoms with E-state index >= 15 is 0 Å². The van der Waals surface area contributed by atoms with Gasteiger partial charge in [-0.1, -0.05) is 12.1 Å². The molecule has 0 aliphatic heterocycles. The zero-order valence-electron chi connectivity index (χ0n) is 16.3. The first kappa shape index (κ1) is 19.9. The molecule has 3 rings (SSSR count). The number of hydrogen-bond donors (Lipinski definition) is 3. The monoisotopic (exact) mass is 391 g/mol. The SMILES string of the molecule is CC(=O)Nc1cccc(NC(=O)c2ccc(C)c(NC(=O)c3ccco3)c2)c1C. The molecule has 1 aromatic heterocycles. The molecule has 0 fully saturated rings. The van der Waals surface area contributed by atoms with Crippen molar-refractivity contribution in [2.75, 3.05) is 16.0 Å². The molecule has 29 heavy (non-hydrogen) atoms. The van der Waals surface area contributed by atoms with Gasteiger partial charge in [0.15, 0.2) is 5.76 Å². The van der Waals surface area contributed by atoms with E-state index < -0.39 is 5.91 Å². The van der Waals surface area contributed by atoms with Crippen LogP contribution in [-0.4, -0.2) is 17.7 Å². The first-order valence-electron chi connectivity index (χ1n) is 8.99. The Hall–Kier alpha value is -3.87. The molecule has 148 valence electrons. The summed E-state index contributed by atoms with van der Waals surface area (Å²) in [6, 6.07) is 13.5. The predicted molar refractivity (Wildman–Crippen MR) is 111 cm³/mol. The normalized spacial score (nSPS) is 10.3. The van der Waals surface area contributed by atoms with Crippen LogP contribution in [0.5, 0.6) is 0 Å². The highest BCUT2D eigenvalue weighted by atomic mass is 16.3. The lowest BCUT2D eigenvalue weighted by atomic mass is 10.1. The van der Waals surface area contributed by atoms with Gasteiger partial charge in [0.2, 0.25) is 5.91 Å². The van der Waals surface area contributed by atoms with E-state index in [0.717, 1.165) is 11.1 Å². The summed E-state index contributed by atoms with van der Waals surface area (Å²) in [7, 11) is 0. The van der Waals surface area contributed by atoms with Crippen molar-refractivity contribution < 1.29 is 18.8 Å². The highest BCUT2D eigenvalue weighted by Crippen LogP contribution is 2.25. The van der Waals surface area contributed by atoms with Gasteiger partial charge in [0.1, 0.15) is 0 Å². The van der Waals surface area contributed by atoms with Crippen LogP contribution in [0.3, 0.4) is 0 Å². The van der Waals surface area contributed by atoms with E-state index in [1.165, 1.54) is 13.2 Å². The molecule has 7 heteroatoms. The third-order valence-electron chi connectivity index (χ3n) is 4.39. The zero-order chi connectivity index (χ0) is 21.0. The van der Waals surface area contributed by atoms with E-state index in [2.05, 4.69) is 16.0 Å². The topological polar surface area (TPSA) is 100 Å². The predicted octanol–water partition coefficient (Wildman–Crippen LogP) is 4.36. The van der Waals surface area contributed by atoms with Crippen molar-refractivity contribution in [2.24, 2.45) is 0 Å². The van der Waals surface area contributed by atoms with Crippen molar-refractivity contribution in [1.82, 2.24) is 0 Å². The van der Waals surface area contributed by atoms with Gasteiger partial charge >= 0.3 is 0 Å². The fourth-order valence-corrected chi connectivity index (χ4v) is 2.78. The maximum Gasteiger partial charge on any atom is 0.291 e. The Kier molecular flexibility index (Phi) is 5.78. The molecule has 1 heterocycles. The fraction of sp³-hybridized carbons (Fsp3) is 0.136. The van der Waals surface area contributed by atoms with Gasteiger partial charge in [0.05, 0.1) is 6.26 Å². The van der Waals surface area contributed by atoms with E-state index in [-0.39, 0.29) is 17.6 Å². The molecule has 0 aliphatic rings. The van der Waals surface area contributed by atoms with Crippen LogP contribution in [0.15, 0.2) is 59.2 Å². The number of anilines is 3. The minimum absolute atomic E-state index is 0.185. The van der Waals surface area contributed by atoms with E-state index in [9.17, 15) is 14.4 Å². The number of aryl methyl sites for hydroxylation is 1. The lowest BCUT2D eigenvalue weighted by Gasteiger charge is -2.14. The standard InChI is InChI=1S/C22H21N3O4/c1-13-9-10-16(12-19(13)25-22(28)20-8-5-11-29-20)21(27)24-18-7-4-6-17(14(18)2)23-15(3)26/h4-12H,1-3H3,(H,23,26)(H,24,27)(H,25,28). The average molecular weight is 391 g/mol. The molecule has 0 saturated carbocycles. The van der Waals surface area contributed by atoms with Crippen molar-refractivity contribution in [1.29, 1.82) is 0 Å². The Morgan fingerprint density at radius 2 is 1.48 bits per heavy atom. The van der Waals surface area contributed by atoms with Crippen LogP contribution >= 0.6 is 0 Å². The minimum Gasteiger partial charge on any atom is -0.459 e. The van der Waals surface area contributed by atoms with E-state index in [0.29, 0.717) is 22.6 Å². The second kappa shape index (κ2) is 8.43. The van der Waals surface area contributed by atoms with Crippen LogP contribution in [0.2, 0.25) is 0 Å². The molecule has 0 aliphatic carbocycles. The number of rotatable bonds is 5. The summed E-state index contributed by atoms with van der Waals surface area (Å²) in [6.45, 7) is 5.07. The van der Waals surface area contributed by atoms with Crippen LogP contribution in [0, 0.1) is 13.8 Å². The number of nitrogens with one attached hydrogen (secondary N) is 3. The number of benzene rings is 2. The number of amides is 3. The molecule has 3 aromatic rings. The number of carbonyl (C=O) groups is 3. The van der Waals surface area contributed by atoms with Crippen molar-refractivity contribution in [3.05, 3.63) is 77.2 Å². The van der Waals surface area contributed by atoms with Crippen molar-refractivity contribution in [3.8, 4) is 0 Å². The largest absolute Gasteiger partial charge is 0.459 e. The van der Waals surface area contributed by atoms with Crippen LogP contribution in [0.4, 0.5) is 17.1 Å². The fourth-order valence-electron chi connectivity index (χ4n) is 2.78. The van der Waals surface area contributed by atoms with Gasteiger partial charge in [0, 0.05) is 29.5 Å². The molecule has 0 saturated heterocycles. The lowest BCUT2D eigenvalue weighted by Crippen LogP contribution is -2.16. The first-order chi connectivity index (χ1) is 13.8. The summed E-state index contributed by atoms with van der Waals surface area (Å²) in [5, 5.41) is 8.33. The first-order valence-corrected chi connectivity index (χ1v) is 8.99. The van der Waals surface area contributed by atoms with Crippen LogP contribution in [0.25, 0.3) is 0 Å². The molecule has 7 nitrogen and oxygen atoms in total. The second-order valence-electron chi connectivity index (χ2n) is 6.57. The quantitative estimate of drug-likeness (QED) is 0.601. The van der Waals surface area contributed by atoms with Crippen LogP contribution in [0.1, 0.15) is 39.0 Å². The van der Waals surface area contributed by atoms with E-state index in [1.54, 1.807) is 48.5 Å². The maximum absolute atomic E-state index is 12.7. The van der Waals surface area contributed by atoms with Crippen molar-refractivity contribution in [2.45, 2.75) is 20.8 Å². The zero-order valence-corrected chi connectivity index (χ0v) is 16.3. The highest BCUT2D eigenvalue weighted by molar-refractivity contribution is 6.07. The second-order valence-corrected chi connectivity index (χ2v) is 6.57. The van der Waals surface area contributed by atoms with Gasteiger partial charge in [-0.25, -0.2) is 0 Å². The van der Waals surface area contributed by atoms with Gasteiger partial charge in [-0.3, -0.25) is 14.4 Å². The summed E-state index contributed by atoms with van der Waals surface area (Å²) in [4.78, 5) is 36.3. The summed E-state index contributed by atoms with van der Waals surface area (Å²) < 4.78 is 5.09. The third kappa shape index (κ3) is 4.70. The van der Waals surface area contributed by atoms with Crippen molar-refractivity contribution in [3.63, 3.8) is 0 Å². The Morgan fingerprint density at radius 3 is 2.14 bits per heavy atom. The smallest absolute Gasteiger partial charge is 0.291 e. The molecule has 0 radical (unpaired) electrons. The summed E-state index contributed by atoms with van der Waals surface area (Å²) in [5.41, 5.74) is 3.67. The molecule has 3 amide bonds. The molecule has 0 spiro atoms. The molecule has 0 atom stereocenters. The summed E-state index contributed by atoms with van der Waals surface area (Å²) in [5.74, 6) is -0.729. The molecule has 2 aromatic carbocycles. The average Bonchev–Trinajstić information content (AvgIpc) is 3.21. The third-order valence-corrected chi connectivity index (χ3v) is 4.39. The molecular formula is C22H21N3O4. The molecule has 0 unspecified atom stereocenters. The lowest BCUT2D eigenvalue weighted by molar-refractivity contribution is -0.114. The summed E-state index contributed by atoms with van der Waals surface area (Å²) in [6.07, 6.45) is 1.42. The molecule has 3 N–H and O–H groups in total. The Morgan fingerprint density at radius 1 is 0.793 bits per heavy atom. The minimum atomic E-state index is -0.394. The summed E-state index contributed by atoms with van der Waals surface area (Å²) >= 11 is 0. The van der Waals surface area contributed by atoms with Gasteiger partial charge in [-0.15, -0.1) is 0 Å².